The van der Waals surface area contributed by atoms with E-state index in [-0.39, 0.29) is 11.8 Å². The van der Waals surface area contributed by atoms with Crippen LogP contribution in [0.5, 0.6) is 11.6 Å². The summed E-state index contributed by atoms with van der Waals surface area (Å²) >= 11 is 0. The van der Waals surface area contributed by atoms with E-state index in [4.69, 9.17) is 4.74 Å². The first kappa shape index (κ1) is 17.3. The summed E-state index contributed by atoms with van der Waals surface area (Å²) in [7, 11) is 0. The molecule has 0 spiro atoms. The topological polar surface area (TPSA) is 79.9 Å². The smallest absolute Gasteiger partial charge is 0.232 e. The summed E-state index contributed by atoms with van der Waals surface area (Å²) in [5.74, 6) is 1.09. The number of rotatable bonds is 4. The summed E-state index contributed by atoms with van der Waals surface area (Å²) in [6.45, 7) is 4.07. The molecule has 3 aromatic rings. The van der Waals surface area contributed by atoms with Gasteiger partial charge in [0.05, 0.1) is 24.0 Å². The molecule has 0 radical (unpaired) electrons. The lowest BCUT2D eigenvalue weighted by molar-refractivity contribution is -0.117. The van der Waals surface area contributed by atoms with Crippen LogP contribution < -0.4 is 10.1 Å². The van der Waals surface area contributed by atoms with Crippen LogP contribution in [0.2, 0.25) is 0 Å². The molecule has 2 heterocycles. The quantitative estimate of drug-likeness (QED) is 0.726. The van der Waals surface area contributed by atoms with Gasteiger partial charge < -0.3 is 10.1 Å². The fourth-order valence-electron chi connectivity index (χ4n) is 3.42. The molecular weight excluding hydrogens is 340 g/mol. The normalized spacial score (nSPS) is 15.9. The molecule has 4 rings (SSSR count). The maximum Gasteiger partial charge on any atom is 0.232 e. The summed E-state index contributed by atoms with van der Waals surface area (Å²) in [5, 5.41) is 10.0. The van der Waals surface area contributed by atoms with Gasteiger partial charge in [0.15, 0.2) is 0 Å². The number of hydrogen-bond acceptors (Lipinski definition) is 4. The minimum Gasteiger partial charge on any atom is -0.439 e. The Balaban J connectivity index is 1.44. The van der Waals surface area contributed by atoms with Gasteiger partial charge in [0.2, 0.25) is 11.8 Å². The van der Waals surface area contributed by atoms with Crippen LogP contribution in [-0.4, -0.2) is 21.1 Å². The number of fused-ring (bicyclic) bond motifs is 1. The molecule has 1 atom stereocenters. The van der Waals surface area contributed by atoms with E-state index >= 15 is 0 Å². The number of amides is 1. The van der Waals surface area contributed by atoms with Gasteiger partial charge in [-0.3, -0.25) is 9.89 Å². The van der Waals surface area contributed by atoms with Gasteiger partial charge in [0.1, 0.15) is 5.75 Å². The van der Waals surface area contributed by atoms with Crippen LogP contribution >= 0.6 is 0 Å². The van der Waals surface area contributed by atoms with E-state index in [1.807, 2.05) is 38.1 Å². The van der Waals surface area contributed by atoms with Crippen LogP contribution in [0, 0.1) is 13.8 Å². The van der Waals surface area contributed by atoms with Crippen molar-refractivity contribution < 1.29 is 9.53 Å². The molecule has 0 aliphatic heterocycles. The first-order valence-corrected chi connectivity index (χ1v) is 9.15. The highest BCUT2D eigenvalue weighted by Gasteiger charge is 2.28. The zero-order valence-electron chi connectivity index (χ0n) is 15.5. The van der Waals surface area contributed by atoms with Gasteiger partial charge >= 0.3 is 0 Å². The largest absolute Gasteiger partial charge is 0.439 e. The van der Waals surface area contributed by atoms with Crippen LogP contribution in [0.25, 0.3) is 0 Å². The van der Waals surface area contributed by atoms with Crippen molar-refractivity contribution >= 4 is 11.6 Å². The summed E-state index contributed by atoms with van der Waals surface area (Å²) < 4.78 is 5.87. The zero-order valence-corrected chi connectivity index (χ0v) is 15.5. The Hall–Kier alpha value is -3.15. The van der Waals surface area contributed by atoms with Crippen LogP contribution in [0.15, 0.2) is 42.7 Å². The van der Waals surface area contributed by atoms with Crippen molar-refractivity contribution in [2.45, 2.75) is 39.0 Å². The molecule has 6 heteroatoms. The minimum absolute atomic E-state index is 0.0256. The third-order valence-corrected chi connectivity index (χ3v) is 5.14. The molecule has 1 amide bonds. The third-order valence-electron chi connectivity index (χ3n) is 5.14. The zero-order chi connectivity index (χ0) is 18.8. The highest BCUT2D eigenvalue weighted by molar-refractivity contribution is 5.96. The number of anilines is 1. The second-order valence-electron chi connectivity index (χ2n) is 6.92. The summed E-state index contributed by atoms with van der Waals surface area (Å²) in [5.41, 5.74) is 4.98. The second kappa shape index (κ2) is 7.23. The molecule has 0 bridgehead atoms. The number of H-pyrrole nitrogens is 1. The molecule has 2 N–H and O–H groups in total. The molecule has 0 fully saturated rings. The van der Waals surface area contributed by atoms with E-state index in [1.54, 1.807) is 18.5 Å². The van der Waals surface area contributed by atoms with Crippen molar-refractivity contribution in [1.82, 2.24) is 15.2 Å². The molecule has 27 heavy (non-hydrogen) atoms. The van der Waals surface area contributed by atoms with Gasteiger partial charge in [-0.15, -0.1) is 0 Å². The van der Waals surface area contributed by atoms with Gasteiger partial charge in [-0.05, 0) is 56.4 Å². The second-order valence-corrected chi connectivity index (χ2v) is 6.92. The number of carbonyl (C=O) groups excluding carboxylic acids is 1. The number of benzene rings is 1. The predicted octanol–water partition coefficient (Wildman–Crippen LogP) is 4.27. The molecule has 138 valence electrons. The first-order valence-electron chi connectivity index (χ1n) is 9.15. The van der Waals surface area contributed by atoms with Crippen molar-refractivity contribution in [3.63, 3.8) is 0 Å². The molecule has 1 aliphatic carbocycles. The SMILES string of the molecule is Cc1cccc(Oc2ccc(NC(=O)C3CCCc4[nH]ncc43)cn2)c1C. The Labute approximate surface area is 158 Å². The molecule has 1 aliphatic rings. The number of carbonyl (C=O) groups is 1. The number of aromatic nitrogens is 3. The molecule has 2 aromatic heterocycles. The van der Waals surface area contributed by atoms with Crippen molar-refractivity contribution in [3.05, 3.63) is 65.1 Å². The molecule has 0 saturated heterocycles. The summed E-state index contributed by atoms with van der Waals surface area (Å²) in [6.07, 6.45) is 6.15. The van der Waals surface area contributed by atoms with Gasteiger partial charge in [0, 0.05) is 17.3 Å². The van der Waals surface area contributed by atoms with Gasteiger partial charge in [0.25, 0.3) is 0 Å². The molecule has 6 nitrogen and oxygen atoms in total. The third kappa shape index (κ3) is 3.56. The summed E-state index contributed by atoms with van der Waals surface area (Å²) in [6, 6.07) is 9.50. The lowest BCUT2D eigenvalue weighted by Crippen LogP contribution is -2.24. The van der Waals surface area contributed by atoms with E-state index in [0.717, 1.165) is 41.8 Å². The Kier molecular flexibility index (Phi) is 4.62. The number of aryl methyl sites for hydroxylation is 2. The Bertz CT molecular complexity index is 963. The van der Waals surface area contributed by atoms with E-state index in [1.165, 1.54) is 5.56 Å². The van der Waals surface area contributed by atoms with E-state index < -0.39 is 0 Å². The Morgan fingerprint density at radius 2 is 2.11 bits per heavy atom. The fourth-order valence-corrected chi connectivity index (χ4v) is 3.42. The fraction of sp³-hybridized carbons (Fsp3) is 0.286. The lowest BCUT2D eigenvalue weighted by Gasteiger charge is -2.21. The van der Waals surface area contributed by atoms with Crippen molar-refractivity contribution in [3.8, 4) is 11.6 Å². The average Bonchev–Trinajstić information content (AvgIpc) is 3.16. The van der Waals surface area contributed by atoms with Crippen molar-refractivity contribution in [1.29, 1.82) is 0 Å². The number of pyridine rings is 1. The number of nitrogens with zero attached hydrogens (tertiary/aromatic N) is 2. The minimum atomic E-state index is -0.168. The number of aromatic amines is 1. The number of ether oxygens (including phenoxy) is 1. The van der Waals surface area contributed by atoms with Crippen LogP contribution in [0.4, 0.5) is 5.69 Å². The molecule has 1 aromatic carbocycles. The van der Waals surface area contributed by atoms with E-state index in [9.17, 15) is 4.79 Å². The maximum atomic E-state index is 12.7. The number of nitrogens with one attached hydrogen (secondary N) is 2. The number of hydrogen-bond donors (Lipinski definition) is 2. The van der Waals surface area contributed by atoms with E-state index in [0.29, 0.717) is 11.6 Å². The highest BCUT2D eigenvalue weighted by atomic mass is 16.5. The highest BCUT2D eigenvalue weighted by Crippen LogP contribution is 2.31. The summed E-state index contributed by atoms with van der Waals surface area (Å²) in [4.78, 5) is 17.0. The Morgan fingerprint density at radius 3 is 2.93 bits per heavy atom. The van der Waals surface area contributed by atoms with Crippen molar-refractivity contribution in [2.75, 3.05) is 5.32 Å². The predicted molar refractivity (Wildman–Crippen MR) is 103 cm³/mol. The standard InChI is InChI=1S/C21H22N4O2/c1-13-5-3-8-19(14(13)2)27-20-10-9-15(11-22-20)24-21(26)16-6-4-7-18-17(16)12-23-25-18/h3,5,8-12,16H,4,6-7H2,1-2H3,(H,23,25)(H,24,26). The molecule has 0 saturated carbocycles. The Morgan fingerprint density at radius 1 is 1.22 bits per heavy atom. The lowest BCUT2D eigenvalue weighted by atomic mass is 9.86. The van der Waals surface area contributed by atoms with E-state index in [2.05, 4.69) is 20.5 Å². The van der Waals surface area contributed by atoms with Crippen LogP contribution in [0.3, 0.4) is 0 Å². The molecular formula is C21H22N4O2. The first-order chi connectivity index (χ1) is 13.1. The molecule has 1 unspecified atom stereocenters. The van der Waals surface area contributed by atoms with Gasteiger partial charge in [-0.1, -0.05) is 12.1 Å². The van der Waals surface area contributed by atoms with Crippen molar-refractivity contribution in [2.24, 2.45) is 0 Å². The van der Waals surface area contributed by atoms with Gasteiger partial charge in [-0.2, -0.15) is 5.10 Å². The average molecular weight is 362 g/mol. The van der Waals surface area contributed by atoms with Crippen LogP contribution in [-0.2, 0) is 11.2 Å². The monoisotopic (exact) mass is 362 g/mol. The maximum absolute atomic E-state index is 12.7. The van der Waals surface area contributed by atoms with Gasteiger partial charge in [-0.25, -0.2) is 4.98 Å². The van der Waals surface area contributed by atoms with Crippen LogP contribution in [0.1, 0.15) is 41.1 Å².